The van der Waals surface area contributed by atoms with Gasteiger partial charge >= 0.3 is 0 Å². The van der Waals surface area contributed by atoms with Crippen LogP contribution in [0.4, 0.5) is 0 Å². The summed E-state index contributed by atoms with van der Waals surface area (Å²) in [7, 11) is 0. The quantitative estimate of drug-likeness (QED) is 0.797. The highest BCUT2D eigenvalue weighted by Gasteiger charge is 2.11. The van der Waals surface area contributed by atoms with Crippen molar-refractivity contribution >= 4 is 5.91 Å². The fraction of sp³-hybridized carbons (Fsp3) is 0.462. The van der Waals surface area contributed by atoms with E-state index in [1.807, 2.05) is 38.1 Å². The molecule has 0 spiro atoms. The van der Waals surface area contributed by atoms with E-state index >= 15 is 0 Å². The van der Waals surface area contributed by atoms with Gasteiger partial charge in [0.2, 0.25) is 0 Å². The van der Waals surface area contributed by atoms with Crippen molar-refractivity contribution in [2.45, 2.75) is 32.7 Å². The van der Waals surface area contributed by atoms with E-state index in [4.69, 9.17) is 5.11 Å². The first-order valence-electron chi connectivity index (χ1n) is 5.65. The Bertz CT molecular complexity index is 332. The third kappa shape index (κ3) is 3.66. The molecule has 0 saturated heterocycles. The summed E-state index contributed by atoms with van der Waals surface area (Å²) in [6.45, 7) is 4.09. The van der Waals surface area contributed by atoms with Crippen LogP contribution < -0.4 is 5.32 Å². The average molecular weight is 221 g/mol. The SMILES string of the molecule is CC[C@H](CCO)NC(=O)c1ccc(C)cc1. The molecule has 0 bridgehead atoms. The van der Waals surface area contributed by atoms with Crippen molar-refractivity contribution in [3.05, 3.63) is 35.4 Å². The number of aryl methyl sites for hydroxylation is 1. The van der Waals surface area contributed by atoms with Crippen LogP contribution in [0, 0.1) is 6.92 Å². The molecular formula is C13H19NO2. The minimum Gasteiger partial charge on any atom is -0.396 e. The number of hydrogen-bond acceptors (Lipinski definition) is 2. The molecule has 1 aromatic carbocycles. The van der Waals surface area contributed by atoms with Crippen molar-refractivity contribution in [2.24, 2.45) is 0 Å². The summed E-state index contributed by atoms with van der Waals surface area (Å²) in [5, 5.41) is 11.7. The second-order valence-electron chi connectivity index (χ2n) is 3.96. The molecular weight excluding hydrogens is 202 g/mol. The van der Waals surface area contributed by atoms with E-state index in [-0.39, 0.29) is 18.6 Å². The molecule has 0 unspecified atom stereocenters. The largest absolute Gasteiger partial charge is 0.396 e. The fourth-order valence-corrected chi connectivity index (χ4v) is 1.51. The molecule has 0 aromatic heterocycles. The molecule has 1 rings (SSSR count). The van der Waals surface area contributed by atoms with E-state index in [1.54, 1.807) is 0 Å². The van der Waals surface area contributed by atoms with Gasteiger partial charge in [0.25, 0.3) is 5.91 Å². The predicted molar refractivity (Wildman–Crippen MR) is 64.4 cm³/mol. The van der Waals surface area contributed by atoms with E-state index < -0.39 is 0 Å². The van der Waals surface area contributed by atoms with E-state index in [0.29, 0.717) is 12.0 Å². The van der Waals surface area contributed by atoms with Crippen molar-refractivity contribution < 1.29 is 9.90 Å². The van der Waals surface area contributed by atoms with Gasteiger partial charge in [0.1, 0.15) is 0 Å². The van der Waals surface area contributed by atoms with E-state index in [9.17, 15) is 4.79 Å². The van der Waals surface area contributed by atoms with E-state index in [0.717, 1.165) is 12.0 Å². The van der Waals surface area contributed by atoms with E-state index in [1.165, 1.54) is 0 Å². The minimum absolute atomic E-state index is 0.0544. The molecule has 0 heterocycles. The van der Waals surface area contributed by atoms with E-state index in [2.05, 4.69) is 5.32 Å². The molecule has 0 aliphatic carbocycles. The van der Waals surface area contributed by atoms with Crippen LogP contribution in [-0.2, 0) is 0 Å². The lowest BCUT2D eigenvalue weighted by molar-refractivity contribution is 0.0929. The maximum Gasteiger partial charge on any atom is 0.251 e. The molecule has 0 aliphatic rings. The van der Waals surface area contributed by atoms with Gasteiger partial charge < -0.3 is 10.4 Å². The van der Waals surface area contributed by atoms with Crippen LogP contribution in [0.25, 0.3) is 0 Å². The highest BCUT2D eigenvalue weighted by Crippen LogP contribution is 2.05. The first-order valence-corrected chi connectivity index (χ1v) is 5.65. The van der Waals surface area contributed by atoms with Gasteiger partial charge in [-0.05, 0) is 31.9 Å². The van der Waals surface area contributed by atoms with Crippen LogP contribution in [0.2, 0.25) is 0 Å². The van der Waals surface area contributed by atoms with Crippen molar-refractivity contribution in [3.8, 4) is 0 Å². The lowest BCUT2D eigenvalue weighted by Crippen LogP contribution is -2.35. The topological polar surface area (TPSA) is 49.3 Å². The fourth-order valence-electron chi connectivity index (χ4n) is 1.51. The smallest absolute Gasteiger partial charge is 0.251 e. The molecule has 1 amide bonds. The van der Waals surface area contributed by atoms with Crippen LogP contribution in [0.15, 0.2) is 24.3 Å². The van der Waals surface area contributed by atoms with Crippen LogP contribution >= 0.6 is 0 Å². The summed E-state index contributed by atoms with van der Waals surface area (Å²) in [4.78, 5) is 11.8. The molecule has 1 aromatic rings. The number of benzene rings is 1. The molecule has 0 saturated carbocycles. The normalized spacial score (nSPS) is 12.2. The lowest BCUT2D eigenvalue weighted by Gasteiger charge is -2.15. The maximum atomic E-state index is 11.8. The Hall–Kier alpha value is -1.35. The Morgan fingerprint density at radius 2 is 2.00 bits per heavy atom. The number of amides is 1. The van der Waals surface area contributed by atoms with Gasteiger partial charge in [-0.25, -0.2) is 0 Å². The zero-order valence-corrected chi connectivity index (χ0v) is 9.86. The first kappa shape index (κ1) is 12.7. The lowest BCUT2D eigenvalue weighted by atomic mass is 10.1. The second-order valence-corrected chi connectivity index (χ2v) is 3.96. The van der Waals surface area contributed by atoms with Crippen LogP contribution in [0.3, 0.4) is 0 Å². The van der Waals surface area contributed by atoms with Gasteiger partial charge in [-0.3, -0.25) is 4.79 Å². The molecule has 0 aliphatic heterocycles. The molecule has 2 N–H and O–H groups in total. The molecule has 1 atom stereocenters. The van der Waals surface area contributed by atoms with Gasteiger partial charge in [-0.1, -0.05) is 24.6 Å². The van der Waals surface area contributed by atoms with Crippen molar-refractivity contribution in [3.63, 3.8) is 0 Å². The molecule has 88 valence electrons. The monoisotopic (exact) mass is 221 g/mol. The molecule has 3 nitrogen and oxygen atoms in total. The first-order chi connectivity index (χ1) is 7.67. The number of aliphatic hydroxyl groups is 1. The Morgan fingerprint density at radius 1 is 1.38 bits per heavy atom. The van der Waals surface area contributed by atoms with Gasteiger partial charge in [0.15, 0.2) is 0 Å². The Kier molecular flexibility index (Phi) is 4.99. The zero-order chi connectivity index (χ0) is 12.0. The highest BCUT2D eigenvalue weighted by atomic mass is 16.3. The van der Waals surface area contributed by atoms with Crippen molar-refractivity contribution in [1.82, 2.24) is 5.32 Å². The molecule has 3 heteroatoms. The molecule has 0 radical (unpaired) electrons. The Labute approximate surface area is 96.5 Å². The summed E-state index contributed by atoms with van der Waals surface area (Å²) in [6, 6.07) is 7.52. The van der Waals surface area contributed by atoms with Gasteiger partial charge in [-0.15, -0.1) is 0 Å². The number of aliphatic hydroxyl groups excluding tert-OH is 1. The summed E-state index contributed by atoms with van der Waals surface area (Å²) in [5.74, 6) is -0.0692. The van der Waals surface area contributed by atoms with Gasteiger partial charge in [-0.2, -0.15) is 0 Å². The number of nitrogens with one attached hydrogen (secondary N) is 1. The predicted octanol–water partition coefficient (Wildman–Crippen LogP) is 1.89. The number of hydrogen-bond donors (Lipinski definition) is 2. The van der Waals surface area contributed by atoms with Crippen LogP contribution in [0.5, 0.6) is 0 Å². The zero-order valence-electron chi connectivity index (χ0n) is 9.86. The average Bonchev–Trinajstić information content (AvgIpc) is 2.29. The van der Waals surface area contributed by atoms with Crippen LogP contribution in [0.1, 0.15) is 35.7 Å². The number of carbonyl (C=O) groups is 1. The van der Waals surface area contributed by atoms with Gasteiger partial charge in [0, 0.05) is 18.2 Å². The second kappa shape index (κ2) is 6.28. The number of carbonyl (C=O) groups excluding carboxylic acids is 1. The third-order valence-corrected chi connectivity index (χ3v) is 2.62. The number of rotatable bonds is 5. The summed E-state index contributed by atoms with van der Waals surface area (Å²) < 4.78 is 0. The summed E-state index contributed by atoms with van der Waals surface area (Å²) >= 11 is 0. The van der Waals surface area contributed by atoms with Crippen molar-refractivity contribution in [2.75, 3.05) is 6.61 Å². The molecule has 0 fully saturated rings. The molecule has 16 heavy (non-hydrogen) atoms. The third-order valence-electron chi connectivity index (χ3n) is 2.62. The van der Waals surface area contributed by atoms with Gasteiger partial charge in [0.05, 0.1) is 0 Å². The summed E-state index contributed by atoms with van der Waals surface area (Å²) in [6.07, 6.45) is 1.44. The maximum absolute atomic E-state index is 11.8. The van der Waals surface area contributed by atoms with Crippen LogP contribution in [-0.4, -0.2) is 23.7 Å². The Balaban J connectivity index is 2.60. The minimum atomic E-state index is -0.0692. The standard InChI is InChI=1S/C13H19NO2/c1-3-12(8-9-15)14-13(16)11-6-4-10(2)5-7-11/h4-7,12,15H,3,8-9H2,1-2H3,(H,14,16)/t12-/m1/s1. The highest BCUT2D eigenvalue weighted by molar-refractivity contribution is 5.94. The Morgan fingerprint density at radius 3 is 2.50 bits per heavy atom. The summed E-state index contributed by atoms with van der Waals surface area (Å²) in [5.41, 5.74) is 1.81. The van der Waals surface area contributed by atoms with Crippen molar-refractivity contribution in [1.29, 1.82) is 0 Å².